The molecule has 2 rings (SSSR count). The molecule has 0 atom stereocenters. The minimum Gasteiger partial charge on any atom is -0.380 e. The second-order valence-corrected chi connectivity index (χ2v) is 6.37. The fourth-order valence-corrected chi connectivity index (χ4v) is 3.10. The lowest BCUT2D eigenvalue weighted by Crippen LogP contribution is -2.48. The van der Waals surface area contributed by atoms with E-state index in [1.54, 1.807) is 0 Å². The van der Waals surface area contributed by atoms with Crippen LogP contribution in [0.4, 0.5) is 0 Å². The van der Waals surface area contributed by atoms with Crippen LogP contribution in [0.2, 0.25) is 0 Å². The van der Waals surface area contributed by atoms with Gasteiger partial charge < -0.3 is 9.64 Å². The van der Waals surface area contributed by atoms with E-state index in [1.165, 1.54) is 4.90 Å². The molecule has 1 heterocycles. The van der Waals surface area contributed by atoms with Crippen LogP contribution in [0.25, 0.3) is 0 Å². The largest absolute Gasteiger partial charge is 0.380 e. The van der Waals surface area contributed by atoms with Gasteiger partial charge in [0.05, 0.1) is 13.2 Å². The lowest BCUT2D eigenvalue weighted by molar-refractivity contribution is -0.112. The van der Waals surface area contributed by atoms with E-state index in [4.69, 9.17) is 4.74 Å². The van der Waals surface area contributed by atoms with Crippen molar-refractivity contribution >= 4 is 11.8 Å². The van der Waals surface area contributed by atoms with Gasteiger partial charge in [0, 0.05) is 29.2 Å². The van der Waals surface area contributed by atoms with Crippen molar-refractivity contribution in [3.05, 3.63) is 30.3 Å². The number of nitrogens with zero attached hydrogens (tertiary/aromatic N) is 1. The molecule has 1 fully saturated rings. The summed E-state index contributed by atoms with van der Waals surface area (Å²) in [4.78, 5) is 3.78. The molecule has 0 bridgehead atoms. The third-order valence-electron chi connectivity index (χ3n) is 3.04. The Kier molecular flexibility index (Phi) is 4.48. The Morgan fingerprint density at radius 3 is 2.59 bits per heavy atom. The van der Waals surface area contributed by atoms with Crippen LogP contribution in [-0.2, 0) is 4.74 Å². The van der Waals surface area contributed by atoms with Gasteiger partial charge in [-0.2, -0.15) is 0 Å². The molecule has 0 N–H and O–H groups in total. The molecule has 94 valence electrons. The number of rotatable bonds is 6. The SMILES string of the molecule is CN(CCSc1ccccc1)CC1(C)COC1. The molecule has 2 nitrogen and oxygen atoms in total. The molecular formula is C14H21NOS. The van der Waals surface area contributed by atoms with E-state index < -0.39 is 0 Å². The zero-order valence-electron chi connectivity index (χ0n) is 10.7. The van der Waals surface area contributed by atoms with Crippen LogP contribution < -0.4 is 0 Å². The van der Waals surface area contributed by atoms with Gasteiger partial charge in [-0.3, -0.25) is 0 Å². The number of ether oxygens (including phenoxy) is 1. The fourth-order valence-electron chi connectivity index (χ4n) is 2.11. The summed E-state index contributed by atoms with van der Waals surface area (Å²) in [5.41, 5.74) is 0.395. The number of benzene rings is 1. The van der Waals surface area contributed by atoms with Crippen LogP contribution in [0.5, 0.6) is 0 Å². The van der Waals surface area contributed by atoms with Crippen LogP contribution in [0.3, 0.4) is 0 Å². The van der Waals surface area contributed by atoms with Crippen molar-refractivity contribution in [1.82, 2.24) is 4.90 Å². The van der Waals surface area contributed by atoms with Crippen molar-refractivity contribution in [2.24, 2.45) is 5.41 Å². The maximum atomic E-state index is 5.28. The Hall–Kier alpha value is -0.510. The summed E-state index contributed by atoms with van der Waals surface area (Å²) in [7, 11) is 2.20. The molecule has 1 aliphatic rings. The molecule has 0 amide bonds. The van der Waals surface area contributed by atoms with Gasteiger partial charge in [0.25, 0.3) is 0 Å². The third kappa shape index (κ3) is 4.02. The second-order valence-electron chi connectivity index (χ2n) is 5.20. The summed E-state index contributed by atoms with van der Waals surface area (Å²) < 4.78 is 5.28. The quantitative estimate of drug-likeness (QED) is 0.721. The number of hydrogen-bond acceptors (Lipinski definition) is 3. The van der Waals surface area contributed by atoms with Gasteiger partial charge in [-0.05, 0) is 19.2 Å². The molecule has 0 aliphatic carbocycles. The minimum absolute atomic E-state index is 0.395. The Bertz CT molecular complexity index is 337. The lowest BCUT2D eigenvalue weighted by atomic mass is 9.88. The lowest BCUT2D eigenvalue weighted by Gasteiger charge is -2.40. The van der Waals surface area contributed by atoms with Crippen molar-refractivity contribution in [3.63, 3.8) is 0 Å². The first-order valence-corrected chi connectivity index (χ1v) is 7.11. The van der Waals surface area contributed by atoms with Gasteiger partial charge >= 0.3 is 0 Å². The van der Waals surface area contributed by atoms with E-state index in [0.29, 0.717) is 5.41 Å². The molecule has 0 aromatic heterocycles. The predicted octanol–water partition coefficient (Wildman–Crippen LogP) is 2.75. The molecule has 1 saturated heterocycles. The molecule has 0 unspecified atom stereocenters. The topological polar surface area (TPSA) is 12.5 Å². The summed E-state index contributed by atoms with van der Waals surface area (Å²) in [5.74, 6) is 1.15. The summed E-state index contributed by atoms with van der Waals surface area (Å²) in [6, 6.07) is 10.6. The van der Waals surface area contributed by atoms with Crippen LogP contribution in [0.15, 0.2) is 35.2 Å². The summed E-state index contributed by atoms with van der Waals surface area (Å²) in [6.07, 6.45) is 0. The molecule has 1 aliphatic heterocycles. The molecular weight excluding hydrogens is 230 g/mol. The summed E-state index contributed by atoms with van der Waals surface area (Å²) in [6.45, 7) is 6.42. The van der Waals surface area contributed by atoms with E-state index in [2.05, 4.69) is 49.2 Å². The van der Waals surface area contributed by atoms with Gasteiger partial charge in [0.15, 0.2) is 0 Å². The number of thioether (sulfide) groups is 1. The van der Waals surface area contributed by atoms with E-state index in [1.807, 2.05) is 11.8 Å². The van der Waals surface area contributed by atoms with Gasteiger partial charge in [0.1, 0.15) is 0 Å². The van der Waals surface area contributed by atoms with Crippen LogP contribution in [0, 0.1) is 5.41 Å². The highest BCUT2D eigenvalue weighted by molar-refractivity contribution is 7.99. The second kappa shape index (κ2) is 5.89. The van der Waals surface area contributed by atoms with Gasteiger partial charge in [0.2, 0.25) is 0 Å². The highest BCUT2D eigenvalue weighted by Gasteiger charge is 2.34. The van der Waals surface area contributed by atoms with Gasteiger partial charge in [-0.15, -0.1) is 11.8 Å². The molecule has 3 heteroatoms. The summed E-state index contributed by atoms with van der Waals surface area (Å²) >= 11 is 1.93. The molecule has 0 saturated carbocycles. The fraction of sp³-hybridized carbons (Fsp3) is 0.571. The average molecular weight is 251 g/mol. The van der Waals surface area contributed by atoms with Crippen LogP contribution in [0.1, 0.15) is 6.92 Å². The summed E-state index contributed by atoms with van der Waals surface area (Å²) in [5, 5.41) is 0. The van der Waals surface area contributed by atoms with Crippen molar-refractivity contribution in [2.45, 2.75) is 11.8 Å². The van der Waals surface area contributed by atoms with Crippen molar-refractivity contribution in [2.75, 3.05) is 39.1 Å². The molecule has 1 aromatic carbocycles. The van der Waals surface area contributed by atoms with Crippen LogP contribution >= 0.6 is 11.8 Å². The molecule has 0 spiro atoms. The highest BCUT2D eigenvalue weighted by Crippen LogP contribution is 2.27. The first-order valence-electron chi connectivity index (χ1n) is 6.12. The van der Waals surface area contributed by atoms with Gasteiger partial charge in [-0.1, -0.05) is 25.1 Å². The monoisotopic (exact) mass is 251 g/mol. The van der Waals surface area contributed by atoms with E-state index in [9.17, 15) is 0 Å². The molecule has 1 aromatic rings. The standard InChI is InChI=1S/C14H21NOS/c1-14(11-16-12-14)10-15(2)8-9-17-13-6-4-3-5-7-13/h3-7H,8-12H2,1-2H3. The van der Waals surface area contributed by atoms with E-state index in [-0.39, 0.29) is 0 Å². The zero-order chi connectivity index (χ0) is 12.1. The van der Waals surface area contributed by atoms with E-state index >= 15 is 0 Å². The number of hydrogen-bond donors (Lipinski definition) is 0. The third-order valence-corrected chi connectivity index (χ3v) is 4.03. The molecule has 17 heavy (non-hydrogen) atoms. The maximum Gasteiger partial charge on any atom is 0.0554 e. The van der Waals surface area contributed by atoms with Crippen LogP contribution in [-0.4, -0.2) is 44.0 Å². The van der Waals surface area contributed by atoms with E-state index in [0.717, 1.165) is 32.1 Å². The van der Waals surface area contributed by atoms with Crippen molar-refractivity contribution < 1.29 is 4.74 Å². The van der Waals surface area contributed by atoms with Gasteiger partial charge in [-0.25, -0.2) is 0 Å². The Labute approximate surface area is 108 Å². The first-order chi connectivity index (χ1) is 8.18. The Morgan fingerprint density at radius 2 is 2.00 bits per heavy atom. The predicted molar refractivity (Wildman–Crippen MR) is 73.6 cm³/mol. The zero-order valence-corrected chi connectivity index (χ0v) is 11.5. The Morgan fingerprint density at radius 1 is 1.29 bits per heavy atom. The normalized spacial score (nSPS) is 18.1. The highest BCUT2D eigenvalue weighted by atomic mass is 32.2. The first kappa shape index (κ1) is 12.9. The Balaban J connectivity index is 1.65. The van der Waals surface area contributed by atoms with Crippen molar-refractivity contribution in [3.8, 4) is 0 Å². The average Bonchev–Trinajstić information content (AvgIpc) is 2.28. The minimum atomic E-state index is 0.395. The van der Waals surface area contributed by atoms with Crippen molar-refractivity contribution in [1.29, 1.82) is 0 Å². The molecule has 0 radical (unpaired) electrons. The maximum absolute atomic E-state index is 5.28. The smallest absolute Gasteiger partial charge is 0.0554 e.